The Labute approximate surface area is 117 Å². The van der Waals surface area contributed by atoms with Crippen LogP contribution in [0.5, 0.6) is 0 Å². The lowest BCUT2D eigenvalue weighted by molar-refractivity contribution is -0.131. The SMILES string of the molecule is C=CCCOC(C)C(=O)NCC(N)(CC)CC.Cl. The summed E-state index contributed by atoms with van der Waals surface area (Å²) in [5, 5.41) is 2.84. The normalized spacial score (nSPS) is 12.4. The molecule has 0 radical (unpaired) electrons. The van der Waals surface area contributed by atoms with Crippen LogP contribution in [0.1, 0.15) is 40.0 Å². The summed E-state index contributed by atoms with van der Waals surface area (Å²) in [5.74, 6) is -0.106. The van der Waals surface area contributed by atoms with E-state index in [0.717, 1.165) is 19.3 Å². The van der Waals surface area contributed by atoms with E-state index in [1.54, 1.807) is 13.0 Å². The van der Waals surface area contributed by atoms with Gasteiger partial charge in [-0.15, -0.1) is 19.0 Å². The van der Waals surface area contributed by atoms with Gasteiger partial charge >= 0.3 is 0 Å². The molecule has 0 spiro atoms. The molecule has 1 unspecified atom stereocenters. The van der Waals surface area contributed by atoms with E-state index in [1.807, 2.05) is 13.8 Å². The third kappa shape index (κ3) is 7.69. The van der Waals surface area contributed by atoms with Gasteiger partial charge in [0.1, 0.15) is 6.10 Å². The van der Waals surface area contributed by atoms with Crippen LogP contribution in [0.25, 0.3) is 0 Å². The van der Waals surface area contributed by atoms with E-state index in [2.05, 4.69) is 11.9 Å². The number of nitrogens with two attached hydrogens (primary N) is 1. The fourth-order valence-electron chi connectivity index (χ4n) is 1.31. The van der Waals surface area contributed by atoms with Crippen LogP contribution in [-0.4, -0.2) is 30.7 Å². The second-order valence-corrected chi connectivity index (χ2v) is 4.38. The molecule has 0 aliphatic rings. The van der Waals surface area contributed by atoms with Crippen LogP contribution in [0.3, 0.4) is 0 Å². The van der Waals surface area contributed by atoms with E-state index in [4.69, 9.17) is 10.5 Å². The standard InChI is InChI=1S/C13H26N2O2.ClH/c1-5-8-9-17-11(4)12(16)15-10-13(14,6-2)7-3;/h5,11H,1,6-10,14H2,2-4H3,(H,15,16);1H. The number of hydrogen-bond acceptors (Lipinski definition) is 3. The Morgan fingerprint density at radius 2 is 2.06 bits per heavy atom. The van der Waals surface area contributed by atoms with Crippen molar-refractivity contribution in [3.8, 4) is 0 Å². The summed E-state index contributed by atoms with van der Waals surface area (Å²) in [6, 6.07) is 0. The predicted molar refractivity (Wildman–Crippen MR) is 78.0 cm³/mol. The predicted octanol–water partition coefficient (Wildman–Crippen LogP) is 2.02. The molecule has 0 saturated carbocycles. The van der Waals surface area contributed by atoms with Crippen molar-refractivity contribution in [1.29, 1.82) is 0 Å². The van der Waals surface area contributed by atoms with Crippen molar-refractivity contribution in [2.45, 2.75) is 51.7 Å². The molecule has 0 aliphatic carbocycles. The summed E-state index contributed by atoms with van der Waals surface area (Å²) >= 11 is 0. The zero-order chi connectivity index (χ0) is 13.3. The number of rotatable bonds is 9. The Morgan fingerprint density at radius 3 is 2.50 bits per heavy atom. The highest BCUT2D eigenvalue weighted by Gasteiger charge is 2.22. The maximum absolute atomic E-state index is 11.7. The number of hydrogen-bond donors (Lipinski definition) is 2. The van der Waals surface area contributed by atoms with Gasteiger partial charge in [-0.3, -0.25) is 4.79 Å². The van der Waals surface area contributed by atoms with E-state index < -0.39 is 6.10 Å². The number of nitrogens with one attached hydrogen (secondary N) is 1. The van der Waals surface area contributed by atoms with Gasteiger partial charge in [0.2, 0.25) is 5.91 Å². The van der Waals surface area contributed by atoms with Gasteiger partial charge in [0.25, 0.3) is 0 Å². The zero-order valence-corrected chi connectivity index (χ0v) is 12.5. The summed E-state index contributed by atoms with van der Waals surface area (Å²) in [5.41, 5.74) is 5.79. The molecule has 0 aromatic heterocycles. The van der Waals surface area contributed by atoms with Gasteiger partial charge in [-0.1, -0.05) is 19.9 Å². The molecule has 5 heteroatoms. The van der Waals surface area contributed by atoms with Crippen LogP contribution >= 0.6 is 12.4 Å². The van der Waals surface area contributed by atoms with Crippen LogP contribution in [0.2, 0.25) is 0 Å². The lowest BCUT2D eigenvalue weighted by Gasteiger charge is -2.27. The minimum atomic E-state index is -0.437. The van der Waals surface area contributed by atoms with E-state index in [-0.39, 0.29) is 23.9 Å². The summed E-state index contributed by atoms with van der Waals surface area (Å²) in [4.78, 5) is 11.7. The van der Waals surface area contributed by atoms with Crippen molar-refractivity contribution in [2.75, 3.05) is 13.2 Å². The second kappa shape index (κ2) is 10.4. The molecule has 1 amide bonds. The van der Waals surface area contributed by atoms with Crippen molar-refractivity contribution >= 4 is 18.3 Å². The first-order chi connectivity index (χ1) is 7.99. The van der Waals surface area contributed by atoms with Gasteiger partial charge in [0, 0.05) is 12.1 Å². The van der Waals surface area contributed by atoms with Crippen LogP contribution in [-0.2, 0) is 9.53 Å². The molecular formula is C13H27ClN2O2. The molecule has 0 fully saturated rings. The molecule has 0 heterocycles. The fourth-order valence-corrected chi connectivity index (χ4v) is 1.31. The molecule has 108 valence electrons. The van der Waals surface area contributed by atoms with E-state index in [9.17, 15) is 4.79 Å². The lowest BCUT2D eigenvalue weighted by Crippen LogP contribution is -2.51. The quantitative estimate of drug-likeness (QED) is 0.501. The Morgan fingerprint density at radius 1 is 1.50 bits per heavy atom. The van der Waals surface area contributed by atoms with Crippen molar-refractivity contribution in [3.05, 3.63) is 12.7 Å². The Kier molecular flexibility index (Phi) is 11.4. The van der Waals surface area contributed by atoms with E-state index >= 15 is 0 Å². The topological polar surface area (TPSA) is 64.3 Å². The molecule has 0 aliphatic heterocycles. The van der Waals surface area contributed by atoms with E-state index in [1.165, 1.54) is 0 Å². The molecular weight excluding hydrogens is 252 g/mol. The van der Waals surface area contributed by atoms with Gasteiger partial charge in [-0.25, -0.2) is 0 Å². The largest absolute Gasteiger partial charge is 0.368 e. The monoisotopic (exact) mass is 278 g/mol. The minimum Gasteiger partial charge on any atom is -0.368 e. The maximum Gasteiger partial charge on any atom is 0.248 e. The first-order valence-electron chi connectivity index (χ1n) is 6.28. The average molecular weight is 279 g/mol. The molecule has 0 rings (SSSR count). The second-order valence-electron chi connectivity index (χ2n) is 4.38. The highest BCUT2D eigenvalue weighted by molar-refractivity contribution is 5.85. The average Bonchev–Trinajstić information content (AvgIpc) is 2.35. The van der Waals surface area contributed by atoms with Gasteiger partial charge in [-0.05, 0) is 26.2 Å². The van der Waals surface area contributed by atoms with Gasteiger partial charge in [0.15, 0.2) is 0 Å². The summed E-state index contributed by atoms with van der Waals surface area (Å²) in [7, 11) is 0. The molecule has 0 bridgehead atoms. The lowest BCUT2D eigenvalue weighted by atomic mass is 9.94. The number of carbonyl (C=O) groups excluding carboxylic acids is 1. The minimum absolute atomic E-state index is 0. The smallest absolute Gasteiger partial charge is 0.248 e. The Hall–Kier alpha value is -0.580. The van der Waals surface area contributed by atoms with Crippen LogP contribution in [0, 0.1) is 0 Å². The molecule has 0 saturated heterocycles. The van der Waals surface area contributed by atoms with Gasteiger partial charge in [0.05, 0.1) is 6.61 Å². The van der Waals surface area contributed by atoms with Crippen molar-refractivity contribution < 1.29 is 9.53 Å². The van der Waals surface area contributed by atoms with Crippen molar-refractivity contribution in [3.63, 3.8) is 0 Å². The third-order valence-corrected chi connectivity index (χ3v) is 3.08. The van der Waals surface area contributed by atoms with Gasteiger partial charge in [-0.2, -0.15) is 0 Å². The fraction of sp³-hybridized carbons (Fsp3) is 0.769. The number of ether oxygens (including phenoxy) is 1. The van der Waals surface area contributed by atoms with Gasteiger partial charge < -0.3 is 15.8 Å². The number of carbonyl (C=O) groups is 1. The third-order valence-electron chi connectivity index (χ3n) is 3.08. The highest BCUT2D eigenvalue weighted by atomic mass is 35.5. The maximum atomic E-state index is 11.7. The first-order valence-corrected chi connectivity index (χ1v) is 6.28. The zero-order valence-electron chi connectivity index (χ0n) is 11.7. The van der Waals surface area contributed by atoms with Crippen LogP contribution < -0.4 is 11.1 Å². The molecule has 3 N–H and O–H groups in total. The molecule has 1 atom stereocenters. The summed E-state index contributed by atoms with van der Waals surface area (Å²) < 4.78 is 5.35. The van der Waals surface area contributed by atoms with Crippen LogP contribution in [0.15, 0.2) is 12.7 Å². The molecule has 18 heavy (non-hydrogen) atoms. The van der Waals surface area contributed by atoms with Crippen LogP contribution in [0.4, 0.5) is 0 Å². The first kappa shape index (κ1) is 19.8. The molecule has 4 nitrogen and oxygen atoms in total. The summed E-state index contributed by atoms with van der Waals surface area (Å²) in [6.45, 7) is 10.4. The summed E-state index contributed by atoms with van der Waals surface area (Å²) in [6.07, 6.45) is 3.77. The number of halogens is 1. The molecule has 0 aromatic rings. The van der Waals surface area contributed by atoms with Crippen molar-refractivity contribution in [2.24, 2.45) is 5.73 Å². The highest BCUT2D eigenvalue weighted by Crippen LogP contribution is 2.09. The Balaban J connectivity index is 0. The Bertz CT molecular complexity index is 243. The van der Waals surface area contributed by atoms with Crippen molar-refractivity contribution in [1.82, 2.24) is 5.32 Å². The van der Waals surface area contributed by atoms with E-state index in [0.29, 0.717) is 13.2 Å². The number of amides is 1. The molecule has 0 aromatic carbocycles.